The predicted molar refractivity (Wildman–Crippen MR) is 54.2 cm³/mol. The molecule has 0 spiro atoms. The van der Waals surface area contributed by atoms with E-state index in [0.29, 0.717) is 6.10 Å². The number of rotatable bonds is 1. The summed E-state index contributed by atoms with van der Waals surface area (Å²) in [5.74, 6) is 1.14. The molecule has 0 saturated heterocycles. The third kappa shape index (κ3) is 1.55. The number of benzene rings is 1. The lowest BCUT2D eigenvalue weighted by Gasteiger charge is -2.26. The first-order valence-corrected chi connectivity index (χ1v) is 5.06. The fraction of sp³-hybridized carbons (Fsp3) is 0.500. The van der Waals surface area contributed by atoms with Gasteiger partial charge in [-0.05, 0) is 37.3 Å². The highest BCUT2D eigenvalue weighted by Gasteiger charge is 2.18. The molecule has 13 heavy (non-hydrogen) atoms. The molecule has 0 saturated carbocycles. The number of hydrogen-bond acceptors (Lipinski definition) is 1. The van der Waals surface area contributed by atoms with E-state index in [2.05, 4.69) is 32.0 Å². The average Bonchev–Trinajstić information content (AvgIpc) is 2.18. The molecule has 0 radical (unpaired) electrons. The SMILES string of the molecule is CC[C@H]1CCc2cccc(C)c2O1. The zero-order valence-corrected chi connectivity index (χ0v) is 8.34. The van der Waals surface area contributed by atoms with Crippen molar-refractivity contribution in [3.63, 3.8) is 0 Å². The molecule has 70 valence electrons. The van der Waals surface area contributed by atoms with E-state index >= 15 is 0 Å². The van der Waals surface area contributed by atoms with Crippen LogP contribution in [-0.2, 0) is 6.42 Å². The summed E-state index contributed by atoms with van der Waals surface area (Å²) in [5, 5.41) is 0. The Kier molecular flexibility index (Phi) is 2.26. The van der Waals surface area contributed by atoms with Crippen molar-refractivity contribution in [2.24, 2.45) is 0 Å². The molecule has 0 N–H and O–H groups in total. The highest BCUT2D eigenvalue weighted by Crippen LogP contribution is 2.31. The van der Waals surface area contributed by atoms with E-state index in [1.54, 1.807) is 0 Å². The van der Waals surface area contributed by atoms with E-state index < -0.39 is 0 Å². The van der Waals surface area contributed by atoms with Gasteiger partial charge in [0.15, 0.2) is 0 Å². The lowest BCUT2D eigenvalue weighted by Crippen LogP contribution is -2.22. The molecule has 0 aliphatic carbocycles. The van der Waals surface area contributed by atoms with E-state index in [-0.39, 0.29) is 0 Å². The summed E-state index contributed by atoms with van der Waals surface area (Å²) < 4.78 is 5.91. The second-order valence-electron chi connectivity index (χ2n) is 3.75. The molecule has 1 aromatic carbocycles. The molecule has 1 atom stereocenters. The molecular formula is C12H16O. The standard InChI is InChI=1S/C12H16O/c1-3-11-8-7-10-6-4-5-9(2)12(10)13-11/h4-6,11H,3,7-8H2,1-2H3/t11-/m0/s1. The second kappa shape index (κ2) is 3.41. The maximum Gasteiger partial charge on any atom is 0.125 e. The van der Waals surface area contributed by atoms with Gasteiger partial charge in [0.25, 0.3) is 0 Å². The Bertz CT molecular complexity index is 304. The van der Waals surface area contributed by atoms with Crippen LogP contribution in [0.4, 0.5) is 0 Å². The van der Waals surface area contributed by atoms with E-state index in [0.717, 1.165) is 12.2 Å². The highest BCUT2D eigenvalue weighted by atomic mass is 16.5. The average molecular weight is 176 g/mol. The van der Waals surface area contributed by atoms with Crippen LogP contribution in [0.2, 0.25) is 0 Å². The van der Waals surface area contributed by atoms with Gasteiger partial charge in [-0.15, -0.1) is 0 Å². The van der Waals surface area contributed by atoms with E-state index in [4.69, 9.17) is 4.74 Å². The highest BCUT2D eigenvalue weighted by molar-refractivity contribution is 5.42. The van der Waals surface area contributed by atoms with Crippen LogP contribution in [0.3, 0.4) is 0 Å². The van der Waals surface area contributed by atoms with Crippen LogP contribution < -0.4 is 4.74 Å². The predicted octanol–water partition coefficient (Wildman–Crippen LogP) is 3.10. The first-order chi connectivity index (χ1) is 6.31. The van der Waals surface area contributed by atoms with Gasteiger partial charge in [0.05, 0.1) is 6.10 Å². The third-order valence-electron chi connectivity index (χ3n) is 2.77. The quantitative estimate of drug-likeness (QED) is 0.639. The molecule has 1 aliphatic heterocycles. The van der Waals surface area contributed by atoms with Gasteiger partial charge in [-0.25, -0.2) is 0 Å². The fourth-order valence-corrected chi connectivity index (χ4v) is 1.91. The monoisotopic (exact) mass is 176 g/mol. The van der Waals surface area contributed by atoms with Crippen molar-refractivity contribution < 1.29 is 4.74 Å². The maximum absolute atomic E-state index is 5.91. The van der Waals surface area contributed by atoms with Crippen molar-refractivity contribution in [2.45, 2.75) is 39.2 Å². The van der Waals surface area contributed by atoms with Crippen LogP contribution in [0.5, 0.6) is 5.75 Å². The van der Waals surface area contributed by atoms with Gasteiger partial charge in [0.1, 0.15) is 5.75 Å². The Morgan fingerprint density at radius 1 is 1.46 bits per heavy atom. The zero-order valence-electron chi connectivity index (χ0n) is 8.34. The molecule has 1 aromatic rings. The van der Waals surface area contributed by atoms with Gasteiger partial charge in [-0.3, -0.25) is 0 Å². The van der Waals surface area contributed by atoms with Gasteiger partial charge in [0.2, 0.25) is 0 Å². The van der Waals surface area contributed by atoms with Gasteiger partial charge < -0.3 is 4.74 Å². The summed E-state index contributed by atoms with van der Waals surface area (Å²) in [6.45, 7) is 4.31. The van der Waals surface area contributed by atoms with Crippen LogP contribution in [0.25, 0.3) is 0 Å². The lowest BCUT2D eigenvalue weighted by atomic mass is 9.99. The molecule has 0 unspecified atom stereocenters. The first kappa shape index (κ1) is 8.61. The first-order valence-electron chi connectivity index (χ1n) is 5.06. The topological polar surface area (TPSA) is 9.23 Å². The minimum atomic E-state index is 0.439. The second-order valence-corrected chi connectivity index (χ2v) is 3.75. The molecule has 1 heterocycles. The van der Waals surface area contributed by atoms with Crippen LogP contribution in [0.15, 0.2) is 18.2 Å². The third-order valence-corrected chi connectivity index (χ3v) is 2.77. The number of aryl methyl sites for hydroxylation is 2. The van der Waals surface area contributed by atoms with Gasteiger partial charge >= 0.3 is 0 Å². The Hall–Kier alpha value is -0.980. The van der Waals surface area contributed by atoms with E-state index in [1.807, 2.05) is 0 Å². The molecule has 2 rings (SSSR count). The molecule has 1 nitrogen and oxygen atoms in total. The normalized spacial score (nSPS) is 20.6. The van der Waals surface area contributed by atoms with Gasteiger partial charge in [-0.2, -0.15) is 0 Å². The van der Waals surface area contributed by atoms with Gasteiger partial charge in [0, 0.05) is 0 Å². The van der Waals surface area contributed by atoms with Crippen molar-refractivity contribution in [2.75, 3.05) is 0 Å². The lowest BCUT2D eigenvalue weighted by molar-refractivity contribution is 0.168. The zero-order chi connectivity index (χ0) is 9.26. The number of fused-ring (bicyclic) bond motifs is 1. The summed E-state index contributed by atoms with van der Waals surface area (Å²) in [4.78, 5) is 0. The molecule has 0 aromatic heterocycles. The Morgan fingerprint density at radius 2 is 2.31 bits per heavy atom. The van der Waals surface area contributed by atoms with Crippen molar-refractivity contribution in [3.05, 3.63) is 29.3 Å². The number of ether oxygens (including phenoxy) is 1. The van der Waals surface area contributed by atoms with E-state index in [1.165, 1.54) is 24.0 Å². The number of hydrogen-bond donors (Lipinski definition) is 0. The van der Waals surface area contributed by atoms with E-state index in [9.17, 15) is 0 Å². The minimum Gasteiger partial charge on any atom is -0.490 e. The Balaban J connectivity index is 2.32. The number of para-hydroxylation sites is 1. The maximum atomic E-state index is 5.91. The molecular weight excluding hydrogens is 160 g/mol. The fourth-order valence-electron chi connectivity index (χ4n) is 1.91. The molecule has 1 aliphatic rings. The van der Waals surface area contributed by atoms with Crippen molar-refractivity contribution in [3.8, 4) is 5.75 Å². The summed E-state index contributed by atoms with van der Waals surface area (Å²) >= 11 is 0. The van der Waals surface area contributed by atoms with Crippen LogP contribution in [0.1, 0.15) is 30.9 Å². The minimum absolute atomic E-state index is 0.439. The molecule has 0 amide bonds. The van der Waals surface area contributed by atoms with Crippen molar-refractivity contribution >= 4 is 0 Å². The van der Waals surface area contributed by atoms with Crippen molar-refractivity contribution in [1.82, 2.24) is 0 Å². The van der Waals surface area contributed by atoms with Crippen LogP contribution in [0, 0.1) is 6.92 Å². The molecule has 1 heteroatoms. The summed E-state index contributed by atoms with van der Waals surface area (Å²) in [6, 6.07) is 6.41. The van der Waals surface area contributed by atoms with Crippen LogP contribution in [-0.4, -0.2) is 6.10 Å². The Labute approximate surface area is 79.7 Å². The van der Waals surface area contributed by atoms with Gasteiger partial charge in [-0.1, -0.05) is 25.1 Å². The van der Waals surface area contributed by atoms with Crippen LogP contribution >= 0.6 is 0 Å². The summed E-state index contributed by atoms with van der Waals surface area (Å²) in [5.41, 5.74) is 2.65. The largest absolute Gasteiger partial charge is 0.490 e. The molecule has 0 bridgehead atoms. The molecule has 0 fully saturated rings. The van der Waals surface area contributed by atoms with Crippen molar-refractivity contribution in [1.29, 1.82) is 0 Å². The summed E-state index contributed by atoms with van der Waals surface area (Å²) in [7, 11) is 0. The smallest absolute Gasteiger partial charge is 0.125 e. The Morgan fingerprint density at radius 3 is 3.08 bits per heavy atom. The summed E-state index contributed by atoms with van der Waals surface area (Å²) in [6.07, 6.45) is 3.91.